The van der Waals surface area contributed by atoms with E-state index in [9.17, 15) is 0 Å². The van der Waals surface area contributed by atoms with E-state index in [2.05, 4.69) is 67.4 Å². The molecule has 0 amide bonds. The molecule has 1 nitrogen and oxygen atoms in total. The van der Waals surface area contributed by atoms with E-state index >= 15 is 0 Å². The van der Waals surface area contributed by atoms with E-state index < -0.39 is 0 Å². The number of hydrogen-bond donors (Lipinski definition) is 0. The van der Waals surface area contributed by atoms with E-state index in [-0.39, 0.29) is 0 Å². The molecule has 0 bridgehead atoms. The first-order valence-corrected chi connectivity index (χ1v) is 8.47. The van der Waals surface area contributed by atoms with Crippen LogP contribution in [0, 0.1) is 6.92 Å². The predicted octanol–water partition coefficient (Wildman–Crippen LogP) is 6.44. The molecule has 4 rings (SSSR count). The molecular weight excluding hydrogens is 278 g/mol. The Labute approximate surface area is 138 Å². The maximum Gasteiger partial charge on any atom is 0.0724 e. The normalized spacial score (nSPS) is 10.8. The summed E-state index contributed by atoms with van der Waals surface area (Å²) in [5.41, 5.74) is 3.80. The molecule has 4 aromatic rings. The molecule has 23 heavy (non-hydrogen) atoms. The van der Waals surface area contributed by atoms with Crippen molar-refractivity contribution in [2.45, 2.75) is 34.1 Å². The Balaban J connectivity index is 0.000000753. The van der Waals surface area contributed by atoms with E-state index in [1.54, 1.807) is 0 Å². The van der Waals surface area contributed by atoms with Crippen LogP contribution in [0.15, 0.2) is 54.7 Å². The molecule has 0 saturated heterocycles. The first-order chi connectivity index (χ1) is 11.3. The van der Waals surface area contributed by atoms with Gasteiger partial charge in [0.2, 0.25) is 0 Å². The zero-order chi connectivity index (χ0) is 16.4. The molecule has 1 heteroatoms. The summed E-state index contributed by atoms with van der Waals surface area (Å²) in [5.74, 6) is 0. The van der Waals surface area contributed by atoms with Crippen LogP contribution in [-0.2, 0) is 6.42 Å². The number of benzene rings is 2. The summed E-state index contributed by atoms with van der Waals surface area (Å²) in [5, 5.41) is 6.46. The Morgan fingerprint density at radius 2 is 1.52 bits per heavy atom. The van der Waals surface area contributed by atoms with Gasteiger partial charge < -0.3 is 0 Å². The van der Waals surface area contributed by atoms with Gasteiger partial charge in [-0.3, -0.25) is 4.98 Å². The molecule has 3 aromatic carbocycles. The summed E-state index contributed by atoms with van der Waals surface area (Å²) < 4.78 is 0. The number of aryl methyl sites for hydroxylation is 2. The highest BCUT2D eigenvalue weighted by molar-refractivity contribution is 6.08. The first kappa shape index (κ1) is 15.5. The maximum absolute atomic E-state index is 4.31. The van der Waals surface area contributed by atoms with Crippen molar-refractivity contribution < 1.29 is 0 Å². The fourth-order valence-electron chi connectivity index (χ4n) is 3.07. The maximum atomic E-state index is 4.31. The van der Waals surface area contributed by atoms with Gasteiger partial charge >= 0.3 is 0 Å². The second-order valence-electron chi connectivity index (χ2n) is 5.70. The number of rotatable bonds is 1. The van der Waals surface area contributed by atoms with Gasteiger partial charge in [-0.1, -0.05) is 63.2 Å². The average Bonchev–Trinajstić information content (AvgIpc) is 2.55. The molecule has 0 N–H and O–H groups in total. The highest BCUT2D eigenvalue weighted by atomic mass is 14.7. The zero-order valence-corrected chi connectivity index (χ0v) is 14.4. The lowest BCUT2D eigenvalue weighted by Crippen LogP contribution is -1.86. The van der Waals surface area contributed by atoms with Gasteiger partial charge in [0.15, 0.2) is 0 Å². The molecule has 0 atom stereocenters. The van der Waals surface area contributed by atoms with Gasteiger partial charge in [0, 0.05) is 11.6 Å². The van der Waals surface area contributed by atoms with Crippen LogP contribution in [-0.4, -0.2) is 4.98 Å². The lowest BCUT2D eigenvalue weighted by Gasteiger charge is -2.07. The fraction of sp³-hybridized carbons (Fsp3) is 0.227. The van der Waals surface area contributed by atoms with Gasteiger partial charge in [-0.05, 0) is 52.1 Å². The Morgan fingerprint density at radius 1 is 0.783 bits per heavy atom. The Kier molecular flexibility index (Phi) is 4.29. The van der Waals surface area contributed by atoms with Crippen LogP contribution in [0.25, 0.3) is 32.4 Å². The monoisotopic (exact) mass is 301 g/mol. The largest absolute Gasteiger partial charge is 0.255 e. The van der Waals surface area contributed by atoms with E-state index in [0.29, 0.717) is 0 Å². The van der Waals surface area contributed by atoms with Crippen molar-refractivity contribution in [3.8, 4) is 0 Å². The second kappa shape index (κ2) is 6.37. The summed E-state index contributed by atoms with van der Waals surface area (Å²) >= 11 is 0. The molecule has 116 valence electrons. The molecule has 1 aromatic heterocycles. The van der Waals surface area contributed by atoms with Crippen LogP contribution in [0.2, 0.25) is 0 Å². The predicted molar refractivity (Wildman–Crippen MR) is 102 cm³/mol. The van der Waals surface area contributed by atoms with Gasteiger partial charge in [-0.25, -0.2) is 0 Å². The van der Waals surface area contributed by atoms with E-state index in [1.165, 1.54) is 38.1 Å². The van der Waals surface area contributed by atoms with Gasteiger partial charge in [0.25, 0.3) is 0 Å². The minimum atomic E-state index is 1.07. The molecule has 1 heterocycles. The quantitative estimate of drug-likeness (QED) is 0.394. The summed E-state index contributed by atoms with van der Waals surface area (Å²) in [6.07, 6.45) is 3.04. The summed E-state index contributed by atoms with van der Waals surface area (Å²) in [6, 6.07) is 17.8. The van der Waals surface area contributed by atoms with Crippen molar-refractivity contribution in [1.82, 2.24) is 4.98 Å². The topological polar surface area (TPSA) is 12.9 Å². The zero-order valence-electron chi connectivity index (χ0n) is 14.4. The van der Waals surface area contributed by atoms with Crippen LogP contribution in [0.3, 0.4) is 0 Å². The molecule has 0 saturated carbocycles. The minimum Gasteiger partial charge on any atom is -0.255 e. The van der Waals surface area contributed by atoms with Crippen molar-refractivity contribution in [1.29, 1.82) is 0 Å². The van der Waals surface area contributed by atoms with Crippen molar-refractivity contribution in [2.24, 2.45) is 0 Å². The van der Waals surface area contributed by atoms with Crippen molar-refractivity contribution in [3.05, 3.63) is 65.9 Å². The van der Waals surface area contributed by atoms with Crippen LogP contribution in [0.4, 0.5) is 0 Å². The fourth-order valence-corrected chi connectivity index (χ4v) is 3.07. The van der Waals surface area contributed by atoms with Crippen LogP contribution in [0.5, 0.6) is 0 Å². The van der Waals surface area contributed by atoms with E-state index in [1.807, 2.05) is 20.0 Å². The Hall–Kier alpha value is -2.41. The highest BCUT2D eigenvalue weighted by Gasteiger charge is 2.05. The molecular formula is C22H23N. The van der Waals surface area contributed by atoms with Crippen LogP contribution in [0.1, 0.15) is 31.9 Å². The molecule has 0 spiro atoms. The van der Waals surface area contributed by atoms with Crippen molar-refractivity contribution in [2.75, 3.05) is 0 Å². The number of aromatic nitrogens is 1. The number of hydrogen-bond acceptors (Lipinski definition) is 1. The Bertz CT molecular complexity index is 983. The van der Waals surface area contributed by atoms with Gasteiger partial charge in [0.1, 0.15) is 0 Å². The van der Waals surface area contributed by atoms with E-state index in [4.69, 9.17) is 0 Å². The highest BCUT2D eigenvalue weighted by Crippen LogP contribution is 2.28. The summed E-state index contributed by atoms with van der Waals surface area (Å²) in [7, 11) is 0. The van der Waals surface area contributed by atoms with Gasteiger partial charge in [0.05, 0.1) is 5.52 Å². The molecule has 0 aliphatic carbocycles. The second-order valence-corrected chi connectivity index (χ2v) is 5.70. The minimum absolute atomic E-state index is 1.07. The third-order valence-corrected chi connectivity index (χ3v) is 4.38. The van der Waals surface area contributed by atoms with Crippen LogP contribution < -0.4 is 0 Å². The molecule has 0 aliphatic heterocycles. The van der Waals surface area contributed by atoms with Crippen LogP contribution >= 0.6 is 0 Å². The summed E-state index contributed by atoms with van der Waals surface area (Å²) in [6.45, 7) is 8.40. The molecule has 0 unspecified atom stereocenters. The van der Waals surface area contributed by atoms with Gasteiger partial charge in [-0.2, -0.15) is 0 Å². The molecule has 0 fully saturated rings. The van der Waals surface area contributed by atoms with E-state index in [0.717, 1.165) is 11.9 Å². The molecule has 0 aliphatic rings. The standard InChI is InChI=1S/C20H17N.C2H6/c1-3-14-4-5-15-6-7-18-17(13(2)10-16(15)11-14)8-9-20-19(18)12-21-20;1-2/h4-12H,3H2,1-2H3;1-2H3. The smallest absolute Gasteiger partial charge is 0.0724 e. The van der Waals surface area contributed by atoms with Crippen molar-refractivity contribution >= 4 is 32.4 Å². The number of nitrogens with zero attached hydrogens (tertiary/aromatic N) is 1. The Morgan fingerprint density at radius 3 is 2.22 bits per heavy atom. The van der Waals surface area contributed by atoms with Crippen molar-refractivity contribution in [3.63, 3.8) is 0 Å². The average molecular weight is 301 g/mol. The third-order valence-electron chi connectivity index (χ3n) is 4.38. The number of fused-ring (bicyclic) bond motifs is 4. The summed E-state index contributed by atoms with van der Waals surface area (Å²) in [4.78, 5) is 4.31. The molecule has 0 radical (unpaired) electrons. The van der Waals surface area contributed by atoms with Gasteiger partial charge in [-0.15, -0.1) is 0 Å². The lowest BCUT2D eigenvalue weighted by molar-refractivity contribution is 1.15. The lowest BCUT2D eigenvalue weighted by atomic mass is 9.99. The first-order valence-electron chi connectivity index (χ1n) is 8.47. The SMILES string of the molecule is CC.CCc1ccc2ccc3c(ccc4ncc43)c(C)cc2c1. The third kappa shape index (κ3) is 2.68.